The van der Waals surface area contributed by atoms with E-state index in [9.17, 15) is 0 Å². The van der Waals surface area contributed by atoms with Gasteiger partial charge in [0, 0.05) is 30.8 Å². The summed E-state index contributed by atoms with van der Waals surface area (Å²) < 4.78 is 5.46. The highest BCUT2D eigenvalue weighted by Gasteiger charge is 2.25. The highest BCUT2D eigenvalue weighted by Crippen LogP contribution is 2.38. The fraction of sp³-hybridized carbons (Fsp3) is 0.412. The number of hydrogen-bond acceptors (Lipinski definition) is 5. The second kappa shape index (κ2) is 6.67. The minimum Gasteiger partial charge on any atom is -0.378 e. The largest absolute Gasteiger partial charge is 0.378 e. The Morgan fingerprint density at radius 2 is 2.00 bits per heavy atom. The second-order valence-electron chi connectivity index (χ2n) is 5.35. The molecule has 2 aliphatic heterocycles. The molecule has 1 fully saturated rings. The van der Waals surface area contributed by atoms with E-state index >= 15 is 0 Å². The van der Waals surface area contributed by atoms with Crippen molar-refractivity contribution < 1.29 is 4.74 Å². The molecule has 116 valence electrons. The molecule has 0 unspecified atom stereocenters. The van der Waals surface area contributed by atoms with E-state index in [1.54, 1.807) is 0 Å². The summed E-state index contributed by atoms with van der Waals surface area (Å²) in [4.78, 5) is 13.2. The van der Waals surface area contributed by atoms with Gasteiger partial charge < -0.3 is 9.64 Å². The lowest BCUT2D eigenvalue weighted by molar-refractivity contribution is 0.122. The zero-order chi connectivity index (χ0) is 15.5. The van der Waals surface area contributed by atoms with Crippen molar-refractivity contribution in [2.75, 3.05) is 37.0 Å². The van der Waals surface area contributed by atoms with Crippen molar-refractivity contribution in [1.82, 2.24) is 9.97 Å². The Morgan fingerprint density at radius 1 is 1.23 bits per heavy atom. The van der Waals surface area contributed by atoms with E-state index in [0.29, 0.717) is 0 Å². The summed E-state index contributed by atoms with van der Waals surface area (Å²) in [6.45, 7) is 13.1. The number of anilines is 1. The van der Waals surface area contributed by atoms with Crippen LogP contribution in [0.15, 0.2) is 35.8 Å². The van der Waals surface area contributed by atoms with E-state index in [1.807, 2.05) is 30.8 Å². The molecule has 0 spiro atoms. The first-order chi connectivity index (χ1) is 10.7. The zero-order valence-corrected chi connectivity index (χ0v) is 13.8. The Hall–Kier alpha value is -1.59. The Labute approximate surface area is 136 Å². The molecule has 3 heterocycles. The molecule has 0 saturated carbocycles. The van der Waals surface area contributed by atoms with E-state index in [0.717, 1.165) is 67.0 Å². The Balaban J connectivity index is 2.09. The first kappa shape index (κ1) is 15.3. The summed E-state index contributed by atoms with van der Waals surface area (Å²) in [5.74, 6) is 2.90. The number of nitrogens with zero attached hydrogens (tertiary/aromatic N) is 3. The van der Waals surface area contributed by atoms with E-state index in [2.05, 4.69) is 18.1 Å². The predicted molar refractivity (Wildman–Crippen MR) is 92.5 cm³/mol. The van der Waals surface area contributed by atoms with E-state index in [4.69, 9.17) is 14.7 Å². The van der Waals surface area contributed by atoms with Crippen molar-refractivity contribution in [2.24, 2.45) is 0 Å². The van der Waals surface area contributed by atoms with Gasteiger partial charge in [-0.1, -0.05) is 25.3 Å². The van der Waals surface area contributed by atoms with E-state index in [1.165, 1.54) is 4.90 Å². The summed E-state index contributed by atoms with van der Waals surface area (Å²) >= 11 is 1.86. The maximum atomic E-state index is 5.46. The zero-order valence-electron chi connectivity index (χ0n) is 13.0. The van der Waals surface area contributed by atoms with Crippen molar-refractivity contribution in [3.05, 3.63) is 42.4 Å². The maximum Gasteiger partial charge on any atom is 0.162 e. The van der Waals surface area contributed by atoms with Gasteiger partial charge in [-0.3, -0.25) is 0 Å². The summed E-state index contributed by atoms with van der Waals surface area (Å²) in [6.07, 6.45) is 4.66. The molecule has 0 bridgehead atoms. The highest BCUT2D eigenvalue weighted by atomic mass is 32.2. The van der Waals surface area contributed by atoms with Gasteiger partial charge >= 0.3 is 0 Å². The summed E-state index contributed by atoms with van der Waals surface area (Å²) in [7, 11) is 0. The van der Waals surface area contributed by atoms with Crippen LogP contribution in [0.1, 0.15) is 18.4 Å². The molecular weight excluding hydrogens is 294 g/mol. The van der Waals surface area contributed by atoms with Crippen LogP contribution in [0.3, 0.4) is 0 Å². The monoisotopic (exact) mass is 315 g/mol. The van der Waals surface area contributed by atoms with E-state index in [-0.39, 0.29) is 0 Å². The third kappa shape index (κ3) is 2.83. The van der Waals surface area contributed by atoms with Gasteiger partial charge in [0.05, 0.1) is 23.8 Å². The van der Waals surface area contributed by atoms with Gasteiger partial charge in [-0.25, -0.2) is 9.97 Å². The smallest absolute Gasteiger partial charge is 0.162 e. The molecule has 22 heavy (non-hydrogen) atoms. The molecule has 1 saturated heterocycles. The molecule has 0 radical (unpaired) electrons. The lowest BCUT2D eigenvalue weighted by Crippen LogP contribution is -2.37. The molecule has 0 N–H and O–H groups in total. The number of thioether (sulfide) groups is 1. The predicted octanol–water partition coefficient (Wildman–Crippen LogP) is 3.11. The topological polar surface area (TPSA) is 38.2 Å². The van der Waals surface area contributed by atoms with Crippen LogP contribution in [0.5, 0.6) is 0 Å². The molecule has 3 rings (SSSR count). The third-order valence-corrected chi connectivity index (χ3v) is 5.10. The number of aryl methyl sites for hydroxylation is 1. The van der Waals surface area contributed by atoms with Crippen LogP contribution >= 0.6 is 11.8 Å². The number of morpholine rings is 1. The third-order valence-electron chi connectivity index (χ3n) is 3.99. The number of fused-ring (bicyclic) bond motifs is 1. The first-order valence-electron chi connectivity index (χ1n) is 7.57. The minimum absolute atomic E-state index is 0.759. The molecular formula is C17H21N3OS. The molecule has 2 aliphatic rings. The van der Waals surface area contributed by atoms with E-state index < -0.39 is 0 Å². The van der Waals surface area contributed by atoms with Crippen LogP contribution in [0.4, 0.5) is 5.82 Å². The molecule has 0 amide bonds. The number of aromatic nitrogens is 2. The maximum absolute atomic E-state index is 5.46. The van der Waals surface area contributed by atoms with Crippen molar-refractivity contribution in [3.8, 4) is 0 Å². The van der Waals surface area contributed by atoms with Crippen molar-refractivity contribution in [1.29, 1.82) is 0 Å². The number of ether oxygens (including phenoxy) is 1. The molecule has 0 atom stereocenters. The number of allylic oxidation sites excluding steroid dienone is 4. The van der Waals surface area contributed by atoms with Gasteiger partial charge in [0.15, 0.2) is 5.82 Å². The average molecular weight is 315 g/mol. The lowest BCUT2D eigenvalue weighted by Gasteiger charge is -2.29. The summed E-state index contributed by atoms with van der Waals surface area (Å²) in [5.41, 5.74) is 3.17. The fourth-order valence-electron chi connectivity index (χ4n) is 2.70. The Bertz CT molecular complexity index is 633. The van der Waals surface area contributed by atoms with Crippen LogP contribution in [-0.2, 0) is 11.2 Å². The Kier molecular flexibility index (Phi) is 4.64. The Morgan fingerprint density at radius 3 is 2.68 bits per heavy atom. The molecule has 1 aromatic heterocycles. The van der Waals surface area contributed by atoms with Crippen LogP contribution in [0.25, 0.3) is 5.57 Å². The van der Waals surface area contributed by atoms with Gasteiger partial charge in [-0.2, -0.15) is 0 Å². The highest BCUT2D eigenvalue weighted by molar-refractivity contribution is 7.99. The number of rotatable bonds is 4. The van der Waals surface area contributed by atoms with Crippen LogP contribution in [-0.4, -0.2) is 42.0 Å². The SMILES string of the molecule is C=CC(C)=C(C=C)c1nc2c(c(N3CCOCC3)n1)SCC2. The molecule has 0 aliphatic carbocycles. The van der Waals surface area contributed by atoms with Crippen LogP contribution in [0.2, 0.25) is 0 Å². The normalized spacial score (nSPS) is 18.7. The van der Waals surface area contributed by atoms with Gasteiger partial charge in [0.25, 0.3) is 0 Å². The quantitative estimate of drug-likeness (QED) is 0.798. The van der Waals surface area contributed by atoms with Gasteiger partial charge in [-0.05, 0) is 12.5 Å². The number of hydrogen-bond donors (Lipinski definition) is 0. The van der Waals surface area contributed by atoms with Gasteiger partial charge in [0.2, 0.25) is 0 Å². The summed E-state index contributed by atoms with van der Waals surface area (Å²) in [5, 5.41) is 0. The molecule has 1 aromatic rings. The van der Waals surface area contributed by atoms with Crippen molar-refractivity contribution >= 4 is 23.2 Å². The van der Waals surface area contributed by atoms with Gasteiger partial charge in [0.1, 0.15) is 5.82 Å². The molecule has 5 heteroatoms. The molecule has 0 aromatic carbocycles. The van der Waals surface area contributed by atoms with Crippen molar-refractivity contribution in [2.45, 2.75) is 18.2 Å². The average Bonchev–Trinajstić information content (AvgIpc) is 3.04. The summed E-state index contributed by atoms with van der Waals surface area (Å²) in [6, 6.07) is 0. The second-order valence-corrected chi connectivity index (χ2v) is 6.45. The van der Waals surface area contributed by atoms with Crippen LogP contribution < -0.4 is 4.90 Å². The van der Waals surface area contributed by atoms with Crippen LogP contribution in [0, 0.1) is 0 Å². The molecule has 4 nitrogen and oxygen atoms in total. The van der Waals surface area contributed by atoms with Crippen molar-refractivity contribution in [3.63, 3.8) is 0 Å². The van der Waals surface area contributed by atoms with Gasteiger partial charge in [-0.15, -0.1) is 11.8 Å². The lowest BCUT2D eigenvalue weighted by atomic mass is 10.1. The first-order valence-corrected chi connectivity index (χ1v) is 8.55. The minimum atomic E-state index is 0.759. The standard InChI is InChI=1S/C17H21N3OS/c1-4-12(3)13(5-2)16-18-14-6-11-22-15(14)17(19-16)20-7-9-21-10-8-20/h4-5H,1-2,6-11H2,3H3. The fourth-order valence-corrected chi connectivity index (χ4v) is 3.82.